The maximum Gasteiger partial charge on any atom is 0.246 e. The third-order valence-electron chi connectivity index (χ3n) is 5.10. The summed E-state index contributed by atoms with van der Waals surface area (Å²) in [5.74, 6) is 1.28. The van der Waals surface area contributed by atoms with Gasteiger partial charge in [-0.1, -0.05) is 75.0 Å². The molecule has 146 valence electrons. The minimum absolute atomic E-state index is 0.0358. The molecule has 1 fully saturated rings. The summed E-state index contributed by atoms with van der Waals surface area (Å²) in [5.41, 5.74) is 2.09. The molecule has 0 radical (unpaired) electrons. The lowest BCUT2D eigenvalue weighted by molar-refractivity contribution is -0.137. The van der Waals surface area contributed by atoms with Crippen LogP contribution >= 0.6 is 0 Å². The average Bonchev–Trinajstić information content (AvgIpc) is 3.08. The molecular formula is C22H31N3O2. The van der Waals surface area contributed by atoms with Crippen LogP contribution in [0.15, 0.2) is 28.8 Å². The molecule has 5 nitrogen and oxygen atoms in total. The summed E-state index contributed by atoms with van der Waals surface area (Å²) < 4.78 is 5.50. The van der Waals surface area contributed by atoms with Gasteiger partial charge in [0, 0.05) is 18.0 Å². The quantitative estimate of drug-likeness (QED) is 0.732. The first-order chi connectivity index (χ1) is 12.8. The number of aryl methyl sites for hydroxylation is 1. The second kappa shape index (κ2) is 8.24. The van der Waals surface area contributed by atoms with E-state index < -0.39 is 0 Å². The van der Waals surface area contributed by atoms with Crippen LogP contribution in [0.4, 0.5) is 0 Å². The predicted molar refractivity (Wildman–Crippen MR) is 106 cm³/mol. The molecule has 0 aliphatic heterocycles. The normalized spacial score (nSPS) is 15.7. The van der Waals surface area contributed by atoms with Crippen LogP contribution in [0.3, 0.4) is 0 Å². The molecule has 3 rings (SSSR count). The summed E-state index contributed by atoms with van der Waals surface area (Å²) in [7, 11) is 0. The highest BCUT2D eigenvalue weighted by Gasteiger charge is 2.29. The molecule has 0 N–H and O–H groups in total. The number of carbonyl (C=O) groups excluding carboxylic acids is 1. The Hall–Kier alpha value is -2.17. The fourth-order valence-electron chi connectivity index (χ4n) is 3.65. The van der Waals surface area contributed by atoms with Crippen molar-refractivity contribution in [1.29, 1.82) is 0 Å². The SMILES string of the molecule is Cc1ccc(-c2noc(CN(C(=O)CC(C)(C)C)C3CCCCC3)n2)cc1. The van der Waals surface area contributed by atoms with E-state index in [9.17, 15) is 4.79 Å². The highest BCUT2D eigenvalue weighted by Crippen LogP contribution is 2.28. The largest absolute Gasteiger partial charge is 0.337 e. The molecule has 1 aliphatic carbocycles. The van der Waals surface area contributed by atoms with Gasteiger partial charge in [0.2, 0.25) is 17.6 Å². The zero-order valence-electron chi connectivity index (χ0n) is 17.0. The zero-order chi connectivity index (χ0) is 19.4. The molecule has 1 aromatic heterocycles. The van der Waals surface area contributed by atoms with Gasteiger partial charge in [-0.2, -0.15) is 4.98 Å². The van der Waals surface area contributed by atoms with Crippen LogP contribution in [0.2, 0.25) is 0 Å². The molecule has 1 heterocycles. The third-order valence-corrected chi connectivity index (χ3v) is 5.10. The summed E-state index contributed by atoms with van der Waals surface area (Å²) in [6.07, 6.45) is 6.28. The van der Waals surface area contributed by atoms with Crippen LogP contribution < -0.4 is 0 Å². The molecule has 1 saturated carbocycles. The van der Waals surface area contributed by atoms with Crippen molar-refractivity contribution in [3.63, 3.8) is 0 Å². The van der Waals surface area contributed by atoms with Gasteiger partial charge in [-0.15, -0.1) is 0 Å². The monoisotopic (exact) mass is 369 g/mol. The summed E-state index contributed by atoms with van der Waals surface area (Å²) >= 11 is 0. The fourth-order valence-corrected chi connectivity index (χ4v) is 3.65. The van der Waals surface area contributed by atoms with Crippen molar-refractivity contribution in [2.24, 2.45) is 5.41 Å². The second-order valence-electron chi connectivity index (χ2n) is 8.93. The number of amides is 1. The van der Waals surface area contributed by atoms with Crippen molar-refractivity contribution < 1.29 is 9.32 Å². The van der Waals surface area contributed by atoms with Crippen LogP contribution in [-0.4, -0.2) is 27.0 Å². The maximum absolute atomic E-state index is 13.0. The van der Waals surface area contributed by atoms with E-state index in [1.54, 1.807) is 0 Å². The van der Waals surface area contributed by atoms with Crippen LogP contribution in [0.25, 0.3) is 11.4 Å². The lowest BCUT2D eigenvalue weighted by Crippen LogP contribution is -2.42. The molecule has 1 amide bonds. The molecule has 5 heteroatoms. The molecule has 0 saturated heterocycles. The number of aromatic nitrogens is 2. The summed E-state index contributed by atoms with van der Waals surface area (Å²) in [4.78, 5) is 19.5. The summed E-state index contributed by atoms with van der Waals surface area (Å²) in [5, 5.41) is 4.12. The van der Waals surface area contributed by atoms with Gasteiger partial charge in [0.25, 0.3) is 0 Å². The minimum Gasteiger partial charge on any atom is -0.337 e. The number of hydrogen-bond donors (Lipinski definition) is 0. The lowest BCUT2D eigenvalue weighted by atomic mass is 9.89. The van der Waals surface area contributed by atoms with E-state index in [0.29, 0.717) is 24.7 Å². The Balaban J connectivity index is 1.77. The number of carbonyl (C=O) groups is 1. The topological polar surface area (TPSA) is 59.2 Å². The average molecular weight is 370 g/mol. The molecule has 0 bridgehead atoms. The standard InChI is InChI=1S/C22H31N3O2/c1-16-10-12-17(13-11-16)21-23-19(27-24-21)15-25(18-8-6-5-7-9-18)20(26)14-22(2,3)4/h10-13,18H,5-9,14-15H2,1-4H3. The molecule has 2 aromatic rings. The molecule has 0 atom stereocenters. The van der Waals surface area contributed by atoms with Crippen molar-refractivity contribution in [2.45, 2.75) is 78.8 Å². The molecule has 0 spiro atoms. The molecule has 1 aromatic carbocycles. The van der Waals surface area contributed by atoms with Gasteiger partial charge in [-0.05, 0) is 25.2 Å². The van der Waals surface area contributed by atoms with Crippen LogP contribution in [-0.2, 0) is 11.3 Å². The molecule has 0 unspecified atom stereocenters. The Kier molecular flexibility index (Phi) is 5.98. The fraction of sp³-hybridized carbons (Fsp3) is 0.591. The van der Waals surface area contributed by atoms with Crippen molar-refractivity contribution in [1.82, 2.24) is 15.0 Å². The third kappa shape index (κ3) is 5.41. The highest BCUT2D eigenvalue weighted by atomic mass is 16.5. The summed E-state index contributed by atoms with van der Waals surface area (Å²) in [6, 6.07) is 8.34. The van der Waals surface area contributed by atoms with Gasteiger partial charge in [0.1, 0.15) is 6.54 Å². The van der Waals surface area contributed by atoms with Gasteiger partial charge in [0.15, 0.2) is 0 Å². The summed E-state index contributed by atoms with van der Waals surface area (Å²) in [6.45, 7) is 8.76. The van der Waals surface area contributed by atoms with E-state index in [1.165, 1.54) is 24.8 Å². The number of rotatable bonds is 5. The van der Waals surface area contributed by atoms with Crippen LogP contribution in [0.5, 0.6) is 0 Å². The van der Waals surface area contributed by atoms with Crippen molar-refractivity contribution in [3.8, 4) is 11.4 Å². The Morgan fingerprint density at radius 2 is 1.81 bits per heavy atom. The smallest absolute Gasteiger partial charge is 0.246 e. The van der Waals surface area contributed by atoms with E-state index >= 15 is 0 Å². The Morgan fingerprint density at radius 1 is 1.15 bits per heavy atom. The Labute approximate surface area is 162 Å². The Bertz CT molecular complexity index is 753. The minimum atomic E-state index is -0.0358. The first-order valence-corrected chi connectivity index (χ1v) is 10.0. The van der Waals surface area contributed by atoms with Gasteiger partial charge < -0.3 is 9.42 Å². The highest BCUT2D eigenvalue weighted by molar-refractivity contribution is 5.77. The van der Waals surface area contributed by atoms with E-state index in [0.717, 1.165) is 18.4 Å². The number of hydrogen-bond acceptors (Lipinski definition) is 4. The van der Waals surface area contributed by atoms with E-state index in [2.05, 4.69) is 30.9 Å². The second-order valence-corrected chi connectivity index (χ2v) is 8.93. The number of nitrogens with zero attached hydrogens (tertiary/aromatic N) is 3. The zero-order valence-corrected chi connectivity index (χ0v) is 17.0. The molecule has 27 heavy (non-hydrogen) atoms. The van der Waals surface area contributed by atoms with Crippen molar-refractivity contribution in [3.05, 3.63) is 35.7 Å². The van der Waals surface area contributed by atoms with Crippen molar-refractivity contribution >= 4 is 5.91 Å². The van der Waals surface area contributed by atoms with Crippen LogP contribution in [0.1, 0.15) is 70.8 Å². The lowest BCUT2D eigenvalue weighted by Gasteiger charge is -2.35. The maximum atomic E-state index is 13.0. The molecule has 1 aliphatic rings. The van der Waals surface area contributed by atoms with Gasteiger partial charge in [0.05, 0.1) is 0 Å². The van der Waals surface area contributed by atoms with Gasteiger partial charge >= 0.3 is 0 Å². The van der Waals surface area contributed by atoms with Crippen molar-refractivity contribution in [2.75, 3.05) is 0 Å². The van der Waals surface area contributed by atoms with Gasteiger partial charge in [-0.25, -0.2) is 0 Å². The van der Waals surface area contributed by atoms with Gasteiger partial charge in [-0.3, -0.25) is 4.79 Å². The first-order valence-electron chi connectivity index (χ1n) is 10.0. The van der Waals surface area contributed by atoms with Crippen LogP contribution in [0, 0.1) is 12.3 Å². The number of benzene rings is 1. The predicted octanol–water partition coefficient (Wildman–Crippen LogP) is 5.14. The van der Waals surface area contributed by atoms with E-state index in [4.69, 9.17) is 4.52 Å². The van der Waals surface area contributed by atoms with E-state index in [-0.39, 0.29) is 17.4 Å². The first kappa shape index (κ1) is 19.6. The van der Waals surface area contributed by atoms with E-state index in [1.807, 2.05) is 36.1 Å². The molecular weight excluding hydrogens is 338 g/mol. The Morgan fingerprint density at radius 3 is 2.44 bits per heavy atom.